The van der Waals surface area contributed by atoms with Crippen molar-refractivity contribution in [1.82, 2.24) is 20.1 Å². The number of hydrogen-bond acceptors (Lipinski definition) is 4. The number of pyridine rings is 1. The van der Waals surface area contributed by atoms with E-state index in [1.54, 1.807) is 7.11 Å². The summed E-state index contributed by atoms with van der Waals surface area (Å²) in [7, 11) is 3.58. The van der Waals surface area contributed by atoms with Gasteiger partial charge in [-0.05, 0) is 44.4 Å². The highest BCUT2D eigenvalue weighted by Gasteiger charge is 2.25. The number of aryl methyl sites for hydroxylation is 2. The van der Waals surface area contributed by atoms with Crippen molar-refractivity contribution >= 4 is 16.8 Å². The number of hydrogen-bond donors (Lipinski definition) is 1. The smallest absolute Gasteiger partial charge is 0.253 e. The average Bonchev–Trinajstić information content (AvgIpc) is 3.02. The first kappa shape index (κ1) is 16.6. The Morgan fingerprint density at radius 1 is 1.35 bits per heavy atom. The van der Waals surface area contributed by atoms with Gasteiger partial charge < -0.3 is 10.1 Å². The molecule has 2 heterocycles. The van der Waals surface area contributed by atoms with Crippen molar-refractivity contribution in [2.75, 3.05) is 7.11 Å². The Morgan fingerprint density at radius 2 is 2.19 bits per heavy atom. The number of nitrogens with zero attached hydrogens (tertiary/aromatic N) is 3. The highest BCUT2D eigenvalue weighted by Crippen LogP contribution is 2.30. The molecule has 26 heavy (non-hydrogen) atoms. The van der Waals surface area contributed by atoms with Gasteiger partial charge in [0, 0.05) is 29.8 Å². The van der Waals surface area contributed by atoms with E-state index in [4.69, 9.17) is 4.74 Å². The summed E-state index contributed by atoms with van der Waals surface area (Å²) in [5.41, 5.74) is 4.49. The summed E-state index contributed by atoms with van der Waals surface area (Å²) in [5.74, 6) is 0.669. The van der Waals surface area contributed by atoms with Crippen LogP contribution in [0.5, 0.6) is 5.75 Å². The van der Waals surface area contributed by atoms with Crippen LogP contribution >= 0.6 is 0 Å². The Balaban J connectivity index is 1.63. The number of fused-ring (bicyclic) bond motifs is 2. The summed E-state index contributed by atoms with van der Waals surface area (Å²) in [5, 5.41) is 8.44. The largest absolute Gasteiger partial charge is 0.497 e. The van der Waals surface area contributed by atoms with E-state index in [0.717, 1.165) is 41.5 Å². The van der Waals surface area contributed by atoms with E-state index in [2.05, 4.69) is 15.4 Å². The molecule has 0 saturated carbocycles. The Hall–Kier alpha value is -2.89. The summed E-state index contributed by atoms with van der Waals surface area (Å²) >= 11 is 0. The highest BCUT2D eigenvalue weighted by molar-refractivity contribution is 5.99. The third-order valence-corrected chi connectivity index (χ3v) is 5.14. The number of carbonyl (C=O) groups excluding carboxylic acids is 1. The molecule has 1 aliphatic rings. The van der Waals surface area contributed by atoms with Crippen LogP contribution in [0.4, 0.5) is 0 Å². The number of rotatable bonds is 3. The standard InChI is InChI=1S/C20H22N4O2/c1-12-15(9-13-7-8-14(26-3)10-18(13)22-12)20(25)23-17-5-4-6-19-16(17)11-21-24(19)2/h7-11,17H,4-6H2,1-3H3,(H,23,25). The van der Waals surface area contributed by atoms with Crippen molar-refractivity contribution in [1.29, 1.82) is 0 Å². The number of benzene rings is 1. The van der Waals surface area contributed by atoms with Gasteiger partial charge in [0.15, 0.2) is 0 Å². The second-order valence-electron chi connectivity index (χ2n) is 6.77. The number of amides is 1. The number of aromatic nitrogens is 3. The monoisotopic (exact) mass is 350 g/mol. The van der Waals surface area contributed by atoms with Gasteiger partial charge >= 0.3 is 0 Å². The molecule has 6 nitrogen and oxygen atoms in total. The lowest BCUT2D eigenvalue weighted by Crippen LogP contribution is -2.31. The molecule has 1 aliphatic carbocycles. The van der Waals surface area contributed by atoms with Gasteiger partial charge in [0.1, 0.15) is 5.75 Å². The first-order chi connectivity index (χ1) is 12.6. The molecule has 0 saturated heterocycles. The quantitative estimate of drug-likeness (QED) is 0.788. The SMILES string of the molecule is COc1ccc2cc(C(=O)NC3CCCc4c3cnn4C)c(C)nc2c1. The summed E-state index contributed by atoms with van der Waals surface area (Å²) < 4.78 is 7.16. The van der Waals surface area contributed by atoms with Gasteiger partial charge in [-0.25, -0.2) is 0 Å². The number of carbonyl (C=O) groups is 1. The Bertz CT molecular complexity index is 993. The zero-order chi connectivity index (χ0) is 18.3. The van der Waals surface area contributed by atoms with E-state index in [1.807, 2.05) is 49.1 Å². The number of nitrogens with one attached hydrogen (secondary N) is 1. The number of ether oxygens (including phenoxy) is 1. The van der Waals surface area contributed by atoms with Crippen molar-refractivity contribution < 1.29 is 9.53 Å². The molecule has 2 aromatic heterocycles. The lowest BCUT2D eigenvalue weighted by molar-refractivity contribution is 0.0932. The van der Waals surface area contributed by atoms with Crippen LogP contribution in [0.2, 0.25) is 0 Å². The van der Waals surface area contributed by atoms with Crippen molar-refractivity contribution in [2.45, 2.75) is 32.2 Å². The second-order valence-corrected chi connectivity index (χ2v) is 6.77. The highest BCUT2D eigenvalue weighted by atomic mass is 16.5. The topological polar surface area (TPSA) is 69.0 Å². The summed E-state index contributed by atoms with van der Waals surface area (Å²) in [6, 6.07) is 7.60. The summed E-state index contributed by atoms with van der Waals surface area (Å²) in [6.07, 6.45) is 4.86. The molecule has 0 spiro atoms. The maximum atomic E-state index is 12.9. The molecule has 4 rings (SSSR count). The van der Waals surface area contributed by atoms with Gasteiger partial charge in [-0.2, -0.15) is 5.10 Å². The molecule has 1 aromatic carbocycles. The van der Waals surface area contributed by atoms with Gasteiger partial charge in [-0.15, -0.1) is 0 Å². The normalized spacial score (nSPS) is 16.3. The van der Waals surface area contributed by atoms with E-state index in [0.29, 0.717) is 11.3 Å². The van der Waals surface area contributed by atoms with Crippen molar-refractivity contribution in [3.63, 3.8) is 0 Å². The Kier molecular flexibility index (Phi) is 4.11. The predicted octanol–water partition coefficient (Wildman–Crippen LogP) is 3.09. The third kappa shape index (κ3) is 2.81. The molecule has 0 radical (unpaired) electrons. The van der Waals surface area contributed by atoms with Gasteiger partial charge in [0.05, 0.1) is 36.1 Å². The molecule has 6 heteroatoms. The van der Waals surface area contributed by atoms with Crippen LogP contribution in [-0.4, -0.2) is 27.8 Å². The van der Waals surface area contributed by atoms with E-state index in [9.17, 15) is 4.79 Å². The Labute approximate surface area is 152 Å². The minimum atomic E-state index is -0.0885. The first-order valence-electron chi connectivity index (χ1n) is 8.84. The van der Waals surface area contributed by atoms with Crippen LogP contribution in [0, 0.1) is 6.92 Å². The van der Waals surface area contributed by atoms with Gasteiger partial charge in [-0.1, -0.05) is 0 Å². The van der Waals surface area contributed by atoms with Crippen molar-refractivity contribution in [3.8, 4) is 5.75 Å². The maximum Gasteiger partial charge on any atom is 0.253 e. The summed E-state index contributed by atoms with van der Waals surface area (Å²) in [4.78, 5) is 17.5. The predicted molar refractivity (Wildman–Crippen MR) is 99.4 cm³/mol. The maximum absolute atomic E-state index is 12.9. The van der Waals surface area contributed by atoms with Crippen LogP contribution in [-0.2, 0) is 13.5 Å². The van der Waals surface area contributed by atoms with Crippen molar-refractivity contribution in [2.24, 2.45) is 7.05 Å². The van der Waals surface area contributed by atoms with Crippen LogP contribution < -0.4 is 10.1 Å². The molecule has 134 valence electrons. The van der Waals surface area contributed by atoms with E-state index < -0.39 is 0 Å². The van der Waals surface area contributed by atoms with Gasteiger partial charge in [0.25, 0.3) is 5.91 Å². The molecule has 0 bridgehead atoms. The average molecular weight is 350 g/mol. The molecule has 3 aromatic rings. The van der Waals surface area contributed by atoms with Crippen LogP contribution in [0.3, 0.4) is 0 Å². The molecule has 0 aliphatic heterocycles. The molecule has 0 fully saturated rings. The lowest BCUT2D eigenvalue weighted by Gasteiger charge is -2.24. The van der Waals surface area contributed by atoms with Crippen LogP contribution in [0.15, 0.2) is 30.5 Å². The minimum absolute atomic E-state index is 0.00548. The van der Waals surface area contributed by atoms with Gasteiger partial charge in [0.2, 0.25) is 0 Å². The number of methoxy groups -OCH3 is 1. The van der Waals surface area contributed by atoms with Crippen LogP contribution in [0.1, 0.15) is 46.2 Å². The van der Waals surface area contributed by atoms with Gasteiger partial charge in [-0.3, -0.25) is 14.5 Å². The molecule has 1 unspecified atom stereocenters. The summed E-state index contributed by atoms with van der Waals surface area (Å²) in [6.45, 7) is 1.87. The molecule has 1 amide bonds. The fraction of sp³-hybridized carbons (Fsp3) is 0.350. The first-order valence-corrected chi connectivity index (χ1v) is 8.84. The third-order valence-electron chi connectivity index (χ3n) is 5.14. The Morgan fingerprint density at radius 3 is 3.00 bits per heavy atom. The van der Waals surface area contributed by atoms with E-state index >= 15 is 0 Å². The molecular weight excluding hydrogens is 328 g/mol. The lowest BCUT2D eigenvalue weighted by atomic mass is 9.92. The fourth-order valence-electron chi connectivity index (χ4n) is 3.69. The molecule has 1 N–H and O–H groups in total. The fourth-order valence-corrected chi connectivity index (χ4v) is 3.69. The van der Waals surface area contributed by atoms with E-state index in [1.165, 1.54) is 5.69 Å². The molecular formula is C20H22N4O2. The van der Waals surface area contributed by atoms with Crippen molar-refractivity contribution in [3.05, 3.63) is 53.0 Å². The van der Waals surface area contributed by atoms with Crippen LogP contribution in [0.25, 0.3) is 10.9 Å². The molecule has 1 atom stereocenters. The second kappa shape index (κ2) is 6.44. The van der Waals surface area contributed by atoms with E-state index in [-0.39, 0.29) is 11.9 Å². The zero-order valence-corrected chi connectivity index (χ0v) is 15.2. The minimum Gasteiger partial charge on any atom is -0.497 e. The zero-order valence-electron chi connectivity index (χ0n) is 15.2.